The molecule has 0 saturated carbocycles. The number of rotatable bonds is 3. The van der Waals surface area contributed by atoms with E-state index in [-0.39, 0.29) is 11.9 Å². The number of pyridine rings is 1. The molecule has 2 aromatic heterocycles. The van der Waals surface area contributed by atoms with Crippen LogP contribution in [0.5, 0.6) is 0 Å². The van der Waals surface area contributed by atoms with Crippen molar-refractivity contribution in [2.24, 2.45) is 0 Å². The molecule has 5 heteroatoms. The highest BCUT2D eigenvalue weighted by Gasteiger charge is 2.32. The van der Waals surface area contributed by atoms with Crippen molar-refractivity contribution in [3.05, 3.63) is 45.7 Å². The highest BCUT2D eigenvalue weighted by atomic mass is 32.1. The van der Waals surface area contributed by atoms with Gasteiger partial charge in [-0.25, -0.2) is 4.98 Å². The highest BCUT2D eigenvalue weighted by molar-refractivity contribution is 7.13. The molecule has 0 aliphatic carbocycles. The molecule has 1 amide bonds. The fourth-order valence-electron chi connectivity index (χ4n) is 2.92. The van der Waals surface area contributed by atoms with E-state index in [0.717, 1.165) is 40.5 Å². The van der Waals surface area contributed by atoms with Crippen molar-refractivity contribution < 1.29 is 4.79 Å². The summed E-state index contributed by atoms with van der Waals surface area (Å²) < 4.78 is 0. The van der Waals surface area contributed by atoms with E-state index in [0.29, 0.717) is 5.92 Å². The lowest BCUT2D eigenvalue weighted by molar-refractivity contribution is 0.0739. The van der Waals surface area contributed by atoms with Crippen molar-refractivity contribution in [3.63, 3.8) is 0 Å². The van der Waals surface area contributed by atoms with Gasteiger partial charge in [0, 0.05) is 24.9 Å². The van der Waals surface area contributed by atoms with Gasteiger partial charge in [0.25, 0.3) is 5.91 Å². The van der Waals surface area contributed by atoms with E-state index in [1.54, 1.807) is 17.5 Å². The Balaban J connectivity index is 1.88. The Kier molecular flexibility index (Phi) is 4.25. The van der Waals surface area contributed by atoms with Crippen molar-refractivity contribution in [3.8, 4) is 0 Å². The number of carbonyl (C=O) groups excluding carboxylic acids is 1. The van der Waals surface area contributed by atoms with E-state index in [9.17, 15) is 4.79 Å². The third-order valence-electron chi connectivity index (χ3n) is 4.08. The number of aromatic nitrogens is 2. The largest absolute Gasteiger partial charge is 0.331 e. The number of aryl methyl sites for hydroxylation is 1. The smallest absolute Gasteiger partial charge is 0.266 e. The summed E-state index contributed by atoms with van der Waals surface area (Å²) in [5.41, 5.74) is 1.98. The van der Waals surface area contributed by atoms with Crippen LogP contribution in [-0.4, -0.2) is 27.3 Å². The molecule has 3 rings (SSSR count). The number of hydrogen-bond acceptors (Lipinski definition) is 4. The van der Waals surface area contributed by atoms with Gasteiger partial charge in [0.15, 0.2) is 0 Å². The molecule has 2 aromatic rings. The van der Waals surface area contributed by atoms with E-state index in [4.69, 9.17) is 0 Å². The summed E-state index contributed by atoms with van der Waals surface area (Å²) in [6.45, 7) is 6.97. The summed E-state index contributed by atoms with van der Waals surface area (Å²) in [6, 6.07) is 4.14. The molecule has 0 spiro atoms. The number of likely N-dealkylation sites (tertiary alicyclic amines) is 1. The first kappa shape index (κ1) is 15.2. The first-order valence-corrected chi connectivity index (χ1v) is 8.57. The normalized spacial score (nSPS) is 18.2. The Labute approximate surface area is 135 Å². The molecule has 0 unspecified atom stereocenters. The van der Waals surface area contributed by atoms with Gasteiger partial charge in [0.05, 0.1) is 16.7 Å². The zero-order valence-corrected chi connectivity index (χ0v) is 14.1. The van der Waals surface area contributed by atoms with Crippen molar-refractivity contribution in [1.29, 1.82) is 0 Å². The minimum Gasteiger partial charge on any atom is -0.331 e. The summed E-state index contributed by atoms with van der Waals surface area (Å²) in [6.07, 6.45) is 5.69. The van der Waals surface area contributed by atoms with Crippen LogP contribution in [-0.2, 0) is 0 Å². The zero-order chi connectivity index (χ0) is 15.7. The van der Waals surface area contributed by atoms with Crippen LogP contribution in [0.25, 0.3) is 0 Å². The van der Waals surface area contributed by atoms with Crippen LogP contribution >= 0.6 is 11.3 Å². The first-order chi connectivity index (χ1) is 10.6. The maximum Gasteiger partial charge on any atom is 0.266 e. The van der Waals surface area contributed by atoms with Gasteiger partial charge in [-0.3, -0.25) is 9.78 Å². The lowest BCUT2D eigenvalue weighted by atomic mass is 10.1. The lowest BCUT2D eigenvalue weighted by Gasteiger charge is -2.24. The Morgan fingerprint density at radius 1 is 1.45 bits per heavy atom. The second kappa shape index (κ2) is 6.16. The van der Waals surface area contributed by atoms with Gasteiger partial charge >= 0.3 is 0 Å². The standard InChI is InChI=1S/C17H21N3OS/c1-11(2)16-19-12(3)15(22-16)17(21)20-9-5-7-14(20)13-6-4-8-18-10-13/h4,6,8,10-11,14H,5,7,9H2,1-3H3/t14-/m1/s1. The maximum atomic E-state index is 13.0. The third kappa shape index (κ3) is 2.77. The highest BCUT2D eigenvalue weighted by Crippen LogP contribution is 2.35. The number of hydrogen-bond donors (Lipinski definition) is 0. The minimum atomic E-state index is 0.119. The van der Waals surface area contributed by atoms with Crippen LogP contribution in [0.4, 0.5) is 0 Å². The molecule has 0 radical (unpaired) electrons. The van der Waals surface area contributed by atoms with E-state index < -0.39 is 0 Å². The molecule has 3 heterocycles. The van der Waals surface area contributed by atoms with Gasteiger partial charge < -0.3 is 4.90 Å². The monoisotopic (exact) mass is 315 g/mol. The van der Waals surface area contributed by atoms with Gasteiger partial charge in [-0.2, -0.15) is 0 Å². The van der Waals surface area contributed by atoms with Crippen LogP contribution in [0, 0.1) is 6.92 Å². The van der Waals surface area contributed by atoms with Gasteiger partial charge in [0.1, 0.15) is 4.88 Å². The van der Waals surface area contributed by atoms with Crippen LogP contribution in [0.1, 0.15) is 64.6 Å². The van der Waals surface area contributed by atoms with Crippen molar-refractivity contribution in [2.45, 2.75) is 45.6 Å². The van der Waals surface area contributed by atoms with Gasteiger partial charge in [-0.1, -0.05) is 19.9 Å². The van der Waals surface area contributed by atoms with Gasteiger partial charge in [-0.15, -0.1) is 11.3 Å². The molecule has 1 fully saturated rings. The molecule has 1 atom stereocenters. The van der Waals surface area contributed by atoms with Crippen LogP contribution < -0.4 is 0 Å². The fraction of sp³-hybridized carbons (Fsp3) is 0.471. The van der Waals surface area contributed by atoms with Crippen LogP contribution in [0.15, 0.2) is 24.5 Å². The quantitative estimate of drug-likeness (QED) is 0.861. The number of carbonyl (C=O) groups is 1. The molecule has 0 aromatic carbocycles. The summed E-state index contributed by atoms with van der Waals surface area (Å²) in [4.78, 5) is 24.5. The fourth-order valence-corrected chi connectivity index (χ4v) is 3.95. The molecule has 116 valence electrons. The van der Waals surface area contributed by atoms with E-state index in [1.807, 2.05) is 24.1 Å². The predicted octanol–water partition coefficient (Wildman–Crippen LogP) is 3.95. The van der Waals surface area contributed by atoms with Gasteiger partial charge in [-0.05, 0) is 31.4 Å². The van der Waals surface area contributed by atoms with E-state index >= 15 is 0 Å². The second-order valence-electron chi connectivity index (χ2n) is 6.06. The Bertz CT molecular complexity index is 666. The molecule has 22 heavy (non-hydrogen) atoms. The zero-order valence-electron chi connectivity index (χ0n) is 13.2. The molecule has 0 bridgehead atoms. The summed E-state index contributed by atoms with van der Waals surface area (Å²) in [5, 5.41) is 1.04. The van der Waals surface area contributed by atoms with Gasteiger partial charge in [0.2, 0.25) is 0 Å². The van der Waals surface area contributed by atoms with Crippen molar-refractivity contribution >= 4 is 17.2 Å². The molecule has 1 saturated heterocycles. The van der Waals surface area contributed by atoms with Crippen LogP contribution in [0.3, 0.4) is 0 Å². The molecular weight excluding hydrogens is 294 g/mol. The Morgan fingerprint density at radius 2 is 2.27 bits per heavy atom. The number of thiazole rings is 1. The topological polar surface area (TPSA) is 46.1 Å². The van der Waals surface area contributed by atoms with E-state index in [1.165, 1.54) is 0 Å². The van der Waals surface area contributed by atoms with Crippen molar-refractivity contribution in [2.75, 3.05) is 6.54 Å². The number of amides is 1. The average molecular weight is 315 g/mol. The van der Waals surface area contributed by atoms with Crippen LogP contribution in [0.2, 0.25) is 0 Å². The van der Waals surface area contributed by atoms with Crippen molar-refractivity contribution in [1.82, 2.24) is 14.9 Å². The average Bonchev–Trinajstić information content (AvgIpc) is 3.14. The summed E-state index contributed by atoms with van der Waals surface area (Å²) in [5.74, 6) is 0.478. The lowest BCUT2D eigenvalue weighted by Crippen LogP contribution is -2.30. The Morgan fingerprint density at radius 3 is 2.91 bits per heavy atom. The molecule has 1 aliphatic heterocycles. The second-order valence-corrected chi connectivity index (χ2v) is 7.09. The summed E-state index contributed by atoms with van der Waals surface area (Å²) in [7, 11) is 0. The first-order valence-electron chi connectivity index (χ1n) is 7.76. The maximum absolute atomic E-state index is 13.0. The predicted molar refractivity (Wildman–Crippen MR) is 88.2 cm³/mol. The molecule has 4 nitrogen and oxygen atoms in total. The Hall–Kier alpha value is -1.75. The SMILES string of the molecule is Cc1nc(C(C)C)sc1C(=O)N1CCC[C@@H]1c1cccnc1. The molecule has 1 aliphatic rings. The number of nitrogens with zero attached hydrogens (tertiary/aromatic N) is 3. The third-order valence-corrected chi connectivity index (χ3v) is 5.53. The van der Waals surface area contributed by atoms with E-state index in [2.05, 4.69) is 29.9 Å². The minimum absolute atomic E-state index is 0.119. The molecule has 0 N–H and O–H groups in total. The summed E-state index contributed by atoms with van der Waals surface area (Å²) >= 11 is 1.54. The molecular formula is C17H21N3OS.